The number of likely N-dealkylation sites (N-methyl/N-ethyl adjacent to an activating group) is 1. The number of ether oxygens (including phenoxy) is 1. The number of aryl methyl sites for hydroxylation is 1. The molecule has 3 amide bonds. The first-order chi connectivity index (χ1) is 22.2. The number of aromatic nitrogens is 3. The van der Waals surface area contributed by atoms with Gasteiger partial charge in [0.25, 0.3) is 5.91 Å². The minimum atomic E-state index is -0.455. The van der Waals surface area contributed by atoms with Crippen molar-refractivity contribution in [3.63, 3.8) is 0 Å². The van der Waals surface area contributed by atoms with Crippen LogP contribution in [0.3, 0.4) is 0 Å². The van der Waals surface area contributed by atoms with Crippen molar-refractivity contribution in [2.45, 2.75) is 13.5 Å². The van der Waals surface area contributed by atoms with Crippen molar-refractivity contribution in [3.05, 3.63) is 118 Å². The van der Waals surface area contributed by atoms with Gasteiger partial charge in [0.2, 0.25) is 11.8 Å². The van der Waals surface area contributed by atoms with Crippen LogP contribution in [0, 0.1) is 6.92 Å². The summed E-state index contributed by atoms with van der Waals surface area (Å²) >= 11 is 13.3. The zero-order valence-corrected chi connectivity index (χ0v) is 26.8. The normalized spacial score (nSPS) is 11.1. The van der Waals surface area contributed by atoms with Gasteiger partial charge in [-0.25, -0.2) is 9.67 Å². The Balaban J connectivity index is 1.25. The number of hydrogen-bond donors (Lipinski definition) is 2. The lowest BCUT2D eigenvalue weighted by Gasteiger charge is -2.21. The molecule has 0 unspecified atom stereocenters. The van der Waals surface area contributed by atoms with E-state index < -0.39 is 11.8 Å². The Hall–Kier alpha value is -5.19. The van der Waals surface area contributed by atoms with E-state index in [0.29, 0.717) is 33.1 Å². The molecule has 0 saturated heterocycles. The van der Waals surface area contributed by atoms with E-state index in [1.807, 2.05) is 43.5 Å². The Morgan fingerprint density at radius 2 is 1.83 bits per heavy atom. The number of carbonyl (C=O) groups is 3. The lowest BCUT2D eigenvalue weighted by Crippen LogP contribution is -2.37. The van der Waals surface area contributed by atoms with Crippen LogP contribution in [0.15, 0.2) is 85.2 Å². The summed E-state index contributed by atoms with van der Waals surface area (Å²) in [6.07, 6.45) is 6.48. The van der Waals surface area contributed by atoms with Crippen molar-refractivity contribution < 1.29 is 19.1 Å². The van der Waals surface area contributed by atoms with E-state index in [0.717, 1.165) is 22.3 Å². The zero-order chi connectivity index (χ0) is 32.8. The number of nitrogens with zero attached hydrogens (tertiary/aromatic N) is 4. The Morgan fingerprint density at radius 1 is 1.04 bits per heavy atom. The van der Waals surface area contributed by atoms with Gasteiger partial charge in [0, 0.05) is 59.8 Å². The molecule has 2 heterocycles. The summed E-state index contributed by atoms with van der Waals surface area (Å²) in [6.45, 7) is 1.66. The molecule has 10 nitrogen and oxygen atoms in total. The fraction of sp³-hybridized carbons (Fsp3) is 0.147. The smallest absolute Gasteiger partial charge is 0.251 e. The predicted molar refractivity (Wildman–Crippen MR) is 180 cm³/mol. The number of rotatable bonds is 10. The number of nitrogens with one attached hydrogen (secondary N) is 2. The lowest BCUT2D eigenvalue weighted by molar-refractivity contribution is -0.122. The Kier molecular flexibility index (Phi) is 10.00. The first-order valence-electron chi connectivity index (χ1n) is 14.2. The molecular formula is C34H30Cl2N6O4. The van der Waals surface area contributed by atoms with E-state index in [1.165, 1.54) is 11.0 Å². The van der Waals surface area contributed by atoms with E-state index in [2.05, 4.69) is 15.7 Å². The first kappa shape index (κ1) is 32.2. The molecule has 0 radical (unpaired) electrons. The van der Waals surface area contributed by atoms with Gasteiger partial charge >= 0.3 is 0 Å². The largest absolute Gasteiger partial charge is 0.487 e. The first-order valence-corrected chi connectivity index (χ1v) is 15.0. The van der Waals surface area contributed by atoms with Gasteiger partial charge in [0.1, 0.15) is 17.9 Å². The molecular weight excluding hydrogens is 627 g/mol. The second kappa shape index (κ2) is 14.3. The molecule has 2 aromatic heterocycles. The van der Waals surface area contributed by atoms with Crippen LogP contribution in [-0.2, 0) is 16.2 Å². The number of amides is 3. The number of benzene rings is 3. The maximum Gasteiger partial charge on any atom is 0.251 e. The molecule has 3 aromatic carbocycles. The van der Waals surface area contributed by atoms with E-state index in [9.17, 15) is 14.4 Å². The van der Waals surface area contributed by atoms with Gasteiger partial charge in [0.05, 0.1) is 22.9 Å². The highest BCUT2D eigenvalue weighted by atomic mass is 35.5. The molecule has 0 atom stereocenters. The zero-order valence-electron chi connectivity index (χ0n) is 25.3. The van der Waals surface area contributed by atoms with Crippen molar-refractivity contribution in [2.75, 3.05) is 25.5 Å². The predicted octanol–water partition coefficient (Wildman–Crippen LogP) is 5.77. The Morgan fingerprint density at radius 3 is 2.54 bits per heavy atom. The molecule has 5 aromatic rings. The molecule has 0 bridgehead atoms. The summed E-state index contributed by atoms with van der Waals surface area (Å²) < 4.78 is 7.98. The number of fused-ring (bicyclic) bond motifs is 1. The van der Waals surface area contributed by atoms with Crippen LogP contribution in [0.5, 0.6) is 5.75 Å². The third kappa shape index (κ3) is 7.20. The van der Waals surface area contributed by atoms with Crippen LogP contribution in [0.2, 0.25) is 10.0 Å². The van der Waals surface area contributed by atoms with E-state index in [4.69, 9.17) is 32.9 Å². The topological polar surface area (TPSA) is 118 Å². The minimum Gasteiger partial charge on any atom is -0.487 e. The third-order valence-corrected chi connectivity index (χ3v) is 7.95. The maximum absolute atomic E-state index is 13.0. The number of para-hydroxylation sites is 1. The van der Waals surface area contributed by atoms with E-state index >= 15 is 0 Å². The highest BCUT2D eigenvalue weighted by Crippen LogP contribution is 2.36. The highest BCUT2D eigenvalue weighted by molar-refractivity contribution is 6.38. The van der Waals surface area contributed by atoms with Crippen LogP contribution < -0.4 is 20.3 Å². The maximum atomic E-state index is 13.0. The molecule has 0 saturated carbocycles. The molecule has 234 valence electrons. The molecule has 0 spiro atoms. The van der Waals surface area contributed by atoms with Crippen LogP contribution in [0.4, 0.5) is 5.69 Å². The standard InChI is InChI=1S/C34H30Cl2N6O4/c1-21-18-28(42-17-5-16-39-42)24-6-4-7-29(33(24)40-21)46-20-25-26(35)13-14-27(32(25)36)41(3)31(44)19-38-30(43)15-10-22-8-11-23(12-9-22)34(45)37-2/h4-18H,19-20H2,1-3H3,(H,37,45)(H,38,43)/b15-10+. The molecule has 0 fully saturated rings. The molecule has 0 aliphatic heterocycles. The van der Waals surface area contributed by atoms with E-state index in [-0.39, 0.29) is 24.1 Å². The molecule has 5 rings (SSSR count). The Labute approximate surface area is 275 Å². The number of hydrogen-bond acceptors (Lipinski definition) is 6. The average Bonchev–Trinajstić information content (AvgIpc) is 3.60. The quantitative estimate of drug-likeness (QED) is 0.184. The van der Waals surface area contributed by atoms with Crippen molar-refractivity contribution in [1.82, 2.24) is 25.4 Å². The third-order valence-electron chi connectivity index (χ3n) is 7.17. The van der Waals surface area contributed by atoms with Gasteiger partial charge in [-0.05, 0) is 61.0 Å². The number of halogens is 2. The van der Waals surface area contributed by atoms with Gasteiger partial charge in [-0.2, -0.15) is 5.10 Å². The van der Waals surface area contributed by atoms with Crippen LogP contribution >= 0.6 is 23.2 Å². The summed E-state index contributed by atoms with van der Waals surface area (Å²) in [6, 6.07) is 19.5. The molecule has 12 heteroatoms. The van der Waals surface area contributed by atoms with Crippen LogP contribution in [0.25, 0.3) is 22.7 Å². The van der Waals surface area contributed by atoms with E-state index in [1.54, 1.807) is 67.4 Å². The lowest BCUT2D eigenvalue weighted by atomic mass is 10.1. The second-order valence-electron chi connectivity index (χ2n) is 10.2. The number of carbonyl (C=O) groups excluding carboxylic acids is 3. The van der Waals surface area contributed by atoms with Gasteiger partial charge in [-0.3, -0.25) is 14.4 Å². The van der Waals surface area contributed by atoms with Gasteiger partial charge in [0.15, 0.2) is 0 Å². The summed E-state index contributed by atoms with van der Waals surface area (Å²) in [5, 5.41) is 11.0. The highest BCUT2D eigenvalue weighted by Gasteiger charge is 2.20. The summed E-state index contributed by atoms with van der Waals surface area (Å²) in [4.78, 5) is 43.1. The summed E-state index contributed by atoms with van der Waals surface area (Å²) in [7, 11) is 3.12. The Bertz CT molecular complexity index is 1940. The van der Waals surface area contributed by atoms with Gasteiger partial charge in [-0.15, -0.1) is 0 Å². The fourth-order valence-corrected chi connectivity index (χ4v) is 5.32. The van der Waals surface area contributed by atoms with Crippen molar-refractivity contribution in [3.8, 4) is 11.4 Å². The number of anilines is 1. The van der Waals surface area contributed by atoms with Crippen LogP contribution in [0.1, 0.15) is 27.2 Å². The molecule has 0 aliphatic rings. The SMILES string of the molecule is CNC(=O)c1ccc(/C=C/C(=O)NCC(=O)N(C)c2ccc(Cl)c(COc3cccc4c(-n5cccn5)cc(C)nc34)c2Cl)cc1. The molecule has 46 heavy (non-hydrogen) atoms. The fourth-order valence-electron chi connectivity index (χ4n) is 4.71. The van der Waals surface area contributed by atoms with Crippen LogP contribution in [-0.4, -0.2) is 53.1 Å². The monoisotopic (exact) mass is 656 g/mol. The van der Waals surface area contributed by atoms with Crippen molar-refractivity contribution >= 4 is 63.6 Å². The summed E-state index contributed by atoms with van der Waals surface area (Å²) in [5.74, 6) is -0.514. The van der Waals surface area contributed by atoms with Gasteiger partial charge < -0.3 is 20.3 Å². The average molecular weight is 658 g/mol. The number of pyridine rings is 1. The minimum absolute atomic E-state index is 0.0189. The van der Waals surface area contributed by atoms with Crippen molar-refractivity contribution in [1.29, 1.82) is 0 Å². The molecule has 0 aliphatic carbocycles. The summed E-state index contributed by atoms with van der Waals surface area (Å²) in [5.41, 5.74) is 4.46. The van der Waals surface area contributed by atoms with Gasteiger partial charge in [-0.1, -0.05) is 47.5 Å². The van der Waals surface area contributed by atoms with Crippen molar-refractivity contribution in [2.24, 2.45) is 0 Å². The second-order valence-corrected chi connectivity index (χ2v) is 11.0. The molecule has 2 N–H and O–H groups in total.